The molecule has 8 heteroatoms. The molecule has 134 valence electrons. The molecule has 0 aliphatic heterocycles. The number of rotatable bonds is 4. The number of carbonyl (C=O) groups excluding carboxylic acids is 1. The van der Waals surface area contributed by atoms with E-state index < -0.39 is 0 Å². The lowest BCUT2D eigenvalue weighted by molar-refractivity contribution is 0.101. The second kappa shape index (κ2) is 7.38. The number of hydrogen-bond acceptors (Lipinski definition) is 5. The number of fused-ring (bicyclic) bond motifs is 1. The van der Waals surface area contributed by atoms with Crippen LogP contribution in [0.5, 0.6) is 0 Å². The first-order chi connectivity index (χ1) is 13.1. The SMILES string of the molecule is Cc1ccnc2nc(C(=O)Nc3ccc(Sc4ccccc4Cl)cc3)nn12. The van der Waals surface area contributed by atoms with E-state index in [2.05, 4.69) is 20.4 Å². The van der Waals surface area contributed by atoms with E-state index in [4.69, 9.17) is 11.6 Å². The highest BCUT2D eigenvalue weighted by atomic mass is 35.5. The van der Waals surface area contributed by atoms with Gasteiger partial charge in [0.15, 0.2) is 0 Å². The molecular formula is C19H14ClN5OS. The summed E-state index contributed by atoms with van der Waals surface area (Å²) in [4.78, 5) is 22.7. The fourth-order valence-corrected chi connectivity index (χ4v) is 3.54. The van der Waals surface area contributed by atoms with Crippen LogP contribution in [0.2, 0.25) is 5.02 Å². The lowest BCUT2D eigenvalue weighted by Gasteiger charge is -2.06. The number of aryl methyl sites for hydroxylation is 1. The lowest BCUT2D eigenvalue weighted by atomic mass is 10.3. The largest absolute Gasteiger partial charge is 0.319 e. The highest BCUT2D eigenvalue weighted by Crippen LogP contribution is 2.33. The standard InChI is InChI=1S/C19H14ClN5OS/c1-12-10-11-21-19-23-17(24-25(12)19)18(26)22-13-6-8-14(9-7-13)27-16-5-3-2-4-15(16)20/h2-11H,1H3,(H,22,26). The number of amides is 1. The molecule has 2 heterocycles. The molecule has 2 aromatic carbocycles. The number of anilines is 1. The Labute approximate surface area is 164 Å². The molecule has 0 spiro atoms. The predicted molar refractivity (Wildman–Crippen MR) is 105 cm³/mol. The normalized spacial score (nSPS) is 10.9. The van der Waals surface area contributed by atoms with E-state index in [0.29, 0.717) is 16.5 Å². The van der Waals surface area contributed by atoms with Crippen LogP contribution in [0.3, 0.4) is 0 Å². The van der Waals surface area contributed by atoms with Crippen molar-refractivity contribution in [2.24, 2.45) is 0 Å². The molecule has 0 fully saturated rings. The van der Waals surface area contributed by atoms with Gasteiger partial charge in [0, 0.05) is 27.4 Å². The van der Waals surface area contributed by atoms with Crippen molar-refractivity contribution in [3.05, 3.63) is 77.3 Å². The van der Waals surface area contributed by atoms with E-state index in [1.165, 1.54) is 4.52 Å². The van der Waals surface area contributed by atoms with Crippen LogP contribution in [0.4, 0.5) is 5.69 Å². The highest BCUT2D eigenvalue weighted by Gasteiger charge is 2.14. The first kappa shape index (κ1) is 17.5. The summed E-state index contributed by atoms with van der Waals surface area (Å²) >= 11 is 7.75. The van der Waals surface area contributed by atoms with Crippen molar-refractivity contribution in [1.29, 1.82) is 0 Å². The Morgan fingerprint density at radius 1 is 1.11 bits per heavy atom. The molecule has 6 nitrogen and oxygen atoms in total. The minimum absolute atomic E-state index is 0.0753. The smallest absolute Gasteiger partial charge is 0.295 e. The third-order valence-electron chi connectivity index (χ3n) is 3.81. The maximum absolute atomic E-state index is 12.4. The summed E-state index contributed by atoms with van der Waals surface area (Å²) in [5, 5.41) is 7.71. The van der Waals surface area contributed by atoms with E-state index in [0.717, 1.165) is 15.5 Å². The molecule has 0 saturated heterocycles. The van der Waals surface area contributed by atoms with Crippen LogP contribution < -0.4 is 5.32 Å². The third-order valence-corrected chi connectivity index (χ3v) is 5.34. The average Bonchev–Trinajstić information content (AvgIpc) is 3.11. The van der Waals surface area contributed by atoms with Crippen molar-refractivity contribution >= 4 is 40.7 Å². The summed E-state index contributed by atoms with van der Waals surface area (Å²) in [5.41, 5.74) is 1.51. The average molecular weight is 396 g/mol. The van der Waals surface area contributed by atoms with Crippen LogP contribution >= 0.6 is 23.4 Å². The Balaban J connectivity index is 1.48. The Hall–Kier alpha value is -2.90. The van der Waals surface area contributed by atoms with Crippen LogP contribution in [0.15, 0.2) is 70.6 Å². The second-order valence-corrected chi connectivity index (χ2v) is 7.27. The quantitative estimate of drug-likeness (QED) is 0.551. The van der Waals surface area contributed by atoms with Crippen LogP contribution in [0, 0.1) is 6.92 Å². The van der Waals surface area contributed by atoms with Gasteiger partial charge in [-0.2, -0.15) is 4.98 Å². The molecule has 1 N–H and O–H groups in total. The summed E-state index contributed by atoms with van der Waals surface area (Å²) in [7, 11) is 0. The third kappa shape index (κ3) is 3.79. The van der Waals surface area contributed by atoms with Crippen molar-refractivity contribution in [2.75, 3.05) is 5.32 Å². The van der Waals surface area contributed by atoms with Crippen molar-refractivity contribution in [1.82, 2.24) is 19.6 Å². The number of benzene rings is 2. The number of hydrogen-bond donors (Lipinski definition) is 1. The van der Waals surface area contributed by atoms with Gasteiger partial charge in [0.05, 0.1) is 5.02 Å². The maximum Gasteiger partial charge on any atom is 0.295 e. The molecule has 4 rings (SSSR count). The summed E-state index contributed by atoms with van der Waals surface area (Å²) in [6.45, 7) is 1.88. The van der Waals surface area contributed by atoms with E-state index in [1.54, 1.807) is 24.0 Å². The zero-order chi connectivity index (χ0) is 18.8. The van der Waals surface area contributed by atoms with Gasteiger partial charge in [-0.05, 0) is 49.4 Å². The molecule has 27 heavy (non-hydrogen) atoms. The zero-order valence-corrected chi connectivity index (χ0v) is 15.8. The van der Waals surface area contributed by atoms with Gasteiger partial charge in [-0.15, -0.1) is 5.10 Å². The van der Waals surface area contributed by atoms with Gasteiger partial charge in [-0.25, -0.2) is 9.50 Å². The van der Waals surface area contributed by atoms with Gasteiger partial charge in [0.1, 0.15) is 0 Å². The monoisotopic (exact) mass is 395 g/mol. The van der Waals surface area contributed by atoms with Gasteiger partial charge in [0.25, 0.3) is 11.7 Å². The number of halogens is 1. The molecule has 4 aromatic rings. The van der Waals surface area contributed by atoms with Crippen LogP contribution in [-0.4, -0.2) is 25.5 Å². The topological polar surface area (TPSA) is 72.2 Å². The highest BCUT2D eigenvalue weighted by molar-refractivity contribution is 7.99. The molecule has 0 aliphatic carbocycles. The molecule has 0 aliphatic rings. The first-order valence-electron chi connectivity index (χ1n) is 8.12. The molecule has 0 atom stereocenters. The molecule has 1 amide bonds. The summed E-state index contributed by atoms with van der Waals surface area (Å²) in [5.74, 6) is 0.0874. The number of aromatic nitrogens is 4. The minimum Gasteiger partial charge on any atom is -0.319 e. The van der Waals surface area contributed by atoms with Gasteiger partial charge in [-0.3, -0.25) is 4.79 Å². The fraction of sp³-hybridized carbons (Fsp3) is 0.0526. The van der Waals surface area contributed by atoms with Crippen LogP contribution in [0.1, 0.15) is 16.3 Å². The molecule has 2 aromatic heterocycles. The molecular weight excluding hydrogens is 382 g/mol. The number of nitrogens with zero attached hydrogens (tertiary/aromatic N) is 4. The molecule has 0 unspecified atom stereocenters. The van der Waals surface area contributed by atoms with E-state index in [1.807, 2.05) is 55.5 Å². The van der Waals surface area contributed by atoms with Gasteiger partial charge in [0.2, 0.25) is 5.82 Å². The Kier molecular flexibility index (Phi) is 4.79. The minimum atomic E-state index is -0.383. The van der Waals surface area contributed by atoms with Crippen molar-refractivity contribution in [3.8, 4) is 0 Å². The molecule has 0 saturated carbocycles. The van der Waals surface area contributed by atoms with Crippen molar-refractivity contribution in [2.45, 2.75) is 16.7 Å². The molecule has 0 bridgehead atoms. The van der Waals surface area contributed by atoms with Crippen LogP contribution in [0.25, 0.3) is 5.78 Å². The Morgan fingerprint density at radius 3 is 2.63 bits per heavy atom. The second-order valence-electron chi connectivity index (χ2n) is 5.74. The van der Waals surface area contributed by atoms with Crippen molar-refractivity contribution in [3.63, 3.8) is 0 Å². The van der Waals surface area contributed by atoms with Crippen LogP contribution in [-0.2, 0) is 0 Å². The van der Waals surface area contributed by atoms with E-state index >= 15 is 0 Å². The summed E-state index contributed by atoms with van der Waals surface area (Å²) < 4.78 is 1.54. The van der Waals surface area contributed by atoms with E-state index in [-0.39, 0.29) is 11.7 Å². The predicted octanol–water partition coefficient (Wildman–Crippen LogP) is 4.49. The van der Waals surface area contributed by atoms with E-state index in [9.17, 15) is 4.79 Å². The van der Waals surface area contributed by atoms with Gasteiger partial charge >= 0.3 is 0 Å². The number of nitrogens with one attached hydrogen (secondary N) is 1. The summed E-state index contributed by atoms with van der Waals surface area (Å²) in [6, 6.07) is 17.0. The summed E-state index contributed by atoms with van der Waals surface area (Å²) in [6.07, 6.45) is 1.64. The molecule has 0 radical (unpaired) electrons. The Morgan fingerprint density at radius 2 is 1.89 bits per heavy atom. The van der Waals surface area contributed by atoms with Crippen molar-refractivity contribution < 1.29 is 4.79 Å². The number of carbonyl (C=O) groups is 1. The lowest BCUT2D eigenvalue weighted by Crippen LogP contribution is -2.14. The zero-order valence-electron chi connectivity index (χ0n) is 14.3. The first-order valence-corrected chi connectivity index (χ1v) is 9.32. The van der Waals surface area contributed by atoms with Gasteiger partial charge in [-0.1, -0.05) is 35.5 Å². The Bertz CT molecular complexity index is 1130. The van der Waals surface area contributed by atoms with Gasteiger partial charge < -0.3 is 5.32 Å². The maximum atomic E-state index is 12.4. The fourth-order valence-electron chi connectivity index (χ4n) is 2.45.